The van der Waals surface area contributed by atoms with Crippen molar-refractivity contribution in [3.05, 3.63) is 82.5 Å². The lowest BCUT2D eigenvalue weighted by Crippen LogP contribution is -2.26. The monoisotopic (exact) mass is 371 g/mol. The van der Waals surface area contributed by atoms with E-state index in [0.717, 1.165) is 11.6 Å². The zero-order chi connectivity index (χ0) is 18.1. The molecule has 0 bridgehead atoms. The number of hydrogen-bond acceptors (Lipinski definition) is 5. The third-order valence-electron chi connectivity index (χ3n) is 4.02. The first-order chi connectivity index (χ1) is 12.6. The van der Waals surface area contributed by atoms with E-state index in [1.54, 1.807) is 10.1 Å². The first kappa shape index (κ1) is 16.7. The van der Waals surface area contributed by atoms with Crippen molar-refractivity contribution in [3.8, 4) is 0 Å². The van der Waals surface area contributed by atoms with Crippen molar-refractivity contribution >= 4 is 17.5 Å². The molecule has 0 saturated heterocycles. The Balaban J connectivity index is 1.59. The minimum Gasteiger partial charge on any atom is -0.321 e. The molecule has 0 aliphatic carbocycles. The Hall–Kier alpha value is -2.71. The summed E-state index contributed by atoms with van der Waals surface area (Å²) in [6, 6.07) is 12.9. The standard InChI is InChI=1S/C18H15F2N5S/c19-12-6-7-13(14(20)9-12)16-10-26-18-23-22-17(25(18)24-16)15(21)8-11-4-2-1-3-5-11/h1-7,9-10,15,24H,8,21H2/t15-/m0/s1. The number of halogens is 2. The van der Waals surface area contributed by atoms with Gasteiger partial charge in [0.2, 0.25) is 5.16 Å². The smallest absolute Gasteiger partial charge is 0.214 e. The van der Waals surface area contributed by atoms with Gasteiger partial charge < -0.3 is 5.73 Å². The van der Waals surface area contributed by atoms with Crippen molar-refractivity contribution in [1.29, 1.82) is 0 Å². The second-order valence-electron chi connectivity index (χ2n) is 5.86. The normalized spacial score (nSPS) is 14.3. The summed E-state index contributed by atoms with van der Waals surface area (Å²) >= 11 is 1.30. The van der Waals surface area contributed by atoms with Crippen molar-refractivity contribution in [2.45, 2.75) is 17.6 Å². The van der Waals surface area contributed by atoms with Crippen LogP contribution in [-0.2, 0) is 6.42 Å². The highest BCUT2D eigenvalue weighted by molar-refractivity contribution is 8.02. The molecule has 2 heterocycles. The Labute approximate surface area is 152 Å². The van der Waals surface area contributed by atoms with Gasteiger partial charge in [0, 0.05) is 17.0 Å². The topological polar surface area (TPSA) is 68.8 Å². The number of nitrogens with one attached hydrogen (secondary N) is 1. The molecular formula is C18H15F2N5S. The molecule has 1 aromatic heterocycles. The molecule has 5 nitrogen and oxygen atoms in total. The minimum atomic E-state index is -0.643. The number of nitrogens with two attached hydrogens (primary N) is 1. The summed E-state index contributed by atoms with van der Waals surface area (Å²) in [7, 11) is 0. The van der Waals surface area contributed by atoms with E-state index in [2.05, 4.69) is 15.6 Å². The average molecular weight is 371 g/mol. The number of nitrogens with zero attached hydrogens (tertiary/aromatic N) is 3. The molecule has 1 aliphatic rings. The third-order valence-corrected chi connectivity index (χ3v) is 4.85. The van der Waals surface area contributed by atoms with Crippen molar-refractivity contribution < 1.29 is 8.78 Å². The first-order valence-corrected chi connectivity index (χ1v) is 8.84. The Bertz CT molecular complexity index is 971. The van der Waals surface area contributed by atoms with Gasteiger partial charge in [-0.1, -0.05) is 42.1 Å². The van der Waals surface area contributed by atoms with Crippen LogP contribution in [0.25, 0.3) is 5.70 Å². The lowest BCUT2D eigenvalue weighted by Gasteiger charge is -2.21. The Morgan fingerprint density at radius 1 is 1.12 bits per heavy atom. The van der Waals surface area contributed by atoms with Crippen LogP contribution in [-0.4, -0.2) is 14.9 Å². The van der Waals surface area contributed by atoms with E-state index >= 15 is 0 Å². The van der Waals surface area contributed by atoms with Gasteiger partial charge >= 0.3 is 0 Å². The van der Waals surface area contributed by atoms with Crippen LogP contribution < -0.4 is 11.2 Å². The molecule has 0 spiro atoms. The number of hydrogen-bond donors (Lipinski definition) is 2. The second kappa shape index (κ2) is 6.89. The van der Waals surface area contributed by atoms with Gasteiger partial charge in [-0.05, 0) is 24.1 Å². The van der Waals surface area contributed by atoms with Gasteiger partial charge in [0.05, 0.1) is 11.7 Å². The summed E-state index contributed by atoms with van der Waals surface area (Å²) in [4.78, 5) is 0. The second-order valence-corrected chi connectivity index (χ2v) is 6.69. The van der Waals surface area contributed by atoms with E-state index in [0.29, 0.717) is 23.1 Å². The Morgan fingerprint density at radius 3 is 2.69 bits per heavy atom. The third kappa shape index (κ3) is 3.21. The number of thioether (sulfide) groups is 1. The molecule has 3 aromatic rings. The summed E-state index contributed by atoms with van der Waals surface area (Å²) in [6.07, 6.45) is 0.593. The average Bonchev–Trinajstić information content (AvgIpc) is 3.06. The van der Waals surface area contributed by atoms with Crippen LogP contribution in [0.1, 0.15) is 23.0 Å². The van der Waals surface area contributed by atoms with Crippen LogP contribution in [0.2, 0.25) is 0 Å². The van der Waals surface area contributed by atoms with E-state index in [1.165, 1.54) is 23.9 Å². The molecule has 0 radical (unpaired) electrons. The fourth-order valence-corrected chi connectivity index (χ4v) is 3.49. The minimum absolute atomic E-state index is 0.265. The highest BCUT2D eigenvalue weighted by atomic mass is 32.2. The molecule has 8 heteroatoms. The van der Waals surface area contributed by atoms with Crippen molar-refractivity contribution in [3.63, 3.8) is 0 Å². The summed E-state index contributed by atoms with van der Waals surface area (Å²) in [5, 5.41) is 10.6. The summed E-state index contributed by atoms with van der Waals surface area (Å²) < 4.78 is 28.9. The van der Waals surface area contributed by atoms with Crippen LogP contribution in [0.15, 0.2) is 59.1 Å². The fourth-order valence-electron chi connectivity index (χ4n) is 2.75. The van der Waals surface area contributed by atoms with E-state index in [-0.39, 0.29) is 11.6 Å². The summed E-state index contributed by atoms with van der Waals surface area (Å²) in [5.41, 5.74) is 11.2. The van der Waals surface area contributed by atoms with Crippen LogP contribution in [0.5, 0.6) is 0 Å². The maximum Gasteiger partial charge on any atom is 0.214 e. The molecule has 0 saturated carbocycles. The summed E-state index contributed by atoms with van der Waals surface area (Å²) in [5.74, 6) is -0.716. The van der Waals surface area contributed by atoms with Gasteiger partial charge in [0.15, 0.2) is 5.82 Å². The molecular weight excluding hydrogens is 356 g/mol. The predicted molar refractivity (Wildman–Crippen MR) is 96.6 cm³/mol. The largest absolute Gasteiger partial charge is 0.321 e. The molecule has 26 heavy (non-hydrogen) atoms. The van der Waals surface area contributed by atoms with E-state index in [9.17, 15) is 8.78 Å². The lowest BCUT2D eigenvalue weighted by molar-refractivity contribution is 0.580. The van der Waals surface area contributed by atoms with Crippen LogP contribution >= 0.6 is 11.8 Å². The predicted octanol–water partition coefficient (Wildman–Crippen LogP) is 3.45. The number of fused-ring (bicyclic) bond motifs is 1. The zero-order valence-electron chi connectivity index (χ0n) is 13.6. The van der Waals surface area contributed by atoms with E-state index < -0.39 is 11.6 Å². The van der Waals surface area contributed by atoms with Gasteiger partial charge in [-0.15, -0.1) is 10.2 Å². The highest BCUT2D eigenvalue weighted by Crippen LogP contribution is 2.31. The van der Waals surface area contributed by atoms with Gasteiger partial charge in [-0.3, -0.25) is 5.43 Å². The molecule has 0 fully saturated rings. The van der Waals surface area contributed by atoms with E-state index in [4.69, 9.17) is 5.73 Å². The highest BCUT2D eigenvalue weighted by Gasteiger charge is 2.23. The zero-order valence-corrected chi connectivity index (χ0v) is 14.4. The molecule has 0 unspecified atom stereocenters. The fraction of sp³-hybridized carbons (Fsp3) is 0.111. The van der Waals surface area contributed by atoms with Crippen molar-refractivity contribution in [1.82, 2.24) is 14.9 Å². The number of benzene rings is 2. The van der Waals surface area contributed by atoms with Crippen molar-refractivity contribution in [2.75, 3.05) is 5.43 Å². The van der Waals surface area contributed by atoms with Crippen LogP contribution in [0.4, 0.5) is 8.78 Å². The van der Waals surface area contributed by atoms with E-state index in [1.807, 2.05) is 30.3 Å². The van der Waals surface area contributed by atoms with Crippen LogP contribution in [0.3, 0.4) is 0 Å². The van der Waals surface area contributed by atoms with Gasteiger partial charge in [-0.2, -0.15) is 0 Å². The maximum atomic E-state index is 14.1. The molecule has 132 valence electrons. The quantitative estimate of drug-likeness (QED) is 0.735. The molecule has 0 amide bonds. The SMILES string of the molecule is N[C@@H](Cc1ccccc1)c1nnc2n1NC(c1ccc(F)cc1F)=CS2. The van der Waals surface area contributed by atoms with Crippen LogP contribution in [0, 0.1) is 11.6 Å². The lowest BCUT2D eigenvalue weighted by atomic mass is 10.1. The number of aromatic nitrogens is 3. The molecule has 1 atom stereocenters. The van der Waals surface area contributed by atoms with Gasteiger partial charge in [0.25, 0.3) is 0 Å². The summed E-state index contributed by atoms with van der Waals surface area (Å²) in [6.45, 7) is 0. The Morgan fingerprint density at radius 2 is 1.92 bits per heavy atom. The number of rotatable bonds is 4. The van der Waals surface area contributed by atoms with Crippen molar-refractivity contribution in [2.24, 2.45) is 5.73 Å². The molecule has 4 rings (SSSR count). The van der Waals surface area contributed by atoms with Gasteiger partial charge in [0.1, 0.15) is 11.6 Å². The maximum absolute atomic E-state index is 14.1. The van der Waals surface area contributed by atoms with Gasteiger partial charge in [-0.25, -0.2) is 13.5 Å². The Kier molecular flexibility index (Phi) is 4.44. The molecule has 3 N–H and O–H groups in total. The molecule has 1 aliphatic heterocycles. The first-order valence-electron chi connectivity index (χ1n) is 7.96. The molecule has 2 aromatic carbocycles.